The summed E-state index contributed by atoms with van der Waals surface area (Å²) in [5.41, 5.74) is 2.38. The molecule has 3 rings (SSSR count). The number of benzene rings is 1. The molecule has 0 aliphatic carbocycles. The molecule has 1 aromatic heterocycles. The Bertz CT molecular complexity index is 678. The van der Waals surface area contributed by atoms with Gasteiger partial charge in [-0.2, -0.15) is 5.10 Å². The van der Waals surface area contributed by atoms with E-state index in [-0.39, 0.29) is 12.5 Å². The van der Waals surface area contributed by atoms with Crippen molar-refractivity contribution in [1.82, 2.24) is 9.78 Å². The summed E-state index contributed by atoms with van der Waals surface area (Å²) in [4.78, 5) is 24.7. The topological polar surface area (TPSA) is 75.4 Å². The summed E-state index contributed by atoms with van der Waals surface area (Å²) in [5.74, 6) is -1.03. The van der Waals surface area contributed by atoms with Crippen LogP contribution in [0.1, 0.15) is 15.9 Å². The maximum absolute atomic E-state index is 12.4. The van der Waals surface area contributed by atoms with Gasteiger partial charge in [-0.3, -0.25) is 14.3 Å². The number of nitrogens with zero attached hydrogens (tertiary/aromatic N) is 3. The highest BCUT2D eigenvalue weighted by Gasteiger charge is 2.25. The van der Waals surface area contributed by atoms with E-state index >= 15 is 0 Å². The summed E-state index contributed by atoms with van der Waals surface area (Å²) in [7, 11) is 0. The highest BCUT2D eigenvalue weighted by Crippen LogP contribution is 2.23. The van der Waals surface area contributed by atoms with Gasteiger partial charge in [-0.05, 0) is 18.1 Å². The fraction of sp³-hybridized carbons (Fsp3) is 0.214. The van der Waals surface area contributed by atoms with E-state index in [1.807, 2.05) is 24.3 Å². The van der Waals surface area contributed by atoms with Crippen molar-refractivity contribution >= 4 is 17.6 Å². The maximum atomic E-state index is 12.4. The highest BCUT2D eigenvalue weighted by molar-refractivity contribution is 6.08. The number of hydrogen-bond acceptors (Lipinski definition) is 3. The summed E-state index contributed by atoms with van der Waals surface area (Å²) < 4.78 is 1.31. The molecule has 2 heterocycles. The average molecular weight is 271 g/mol. The minimum atomic E-state index is -0.963. The van der Waals surface area contributed by atoms with Crippen molar-refractivity contribution < 1.29 is 14.7 Å². The molecule has 20 heavy (non-hydrogen) atoms. The lowest BCUT2D eigenvalue weighted by atomic mass is 9.99. The molecule has 6 nitrogen and oxygen atoms in total. The lowest BCUT2D eigenvalue weighted by Crippen LogP contribution is -2.37. The van der Waals surface area contributed by atoms with E-state index in [0.29, 0.717) is 17.8 Å². The molecule has 0 radical (unpaired) electrons. The number of aliphatic carboxylic acids is 1. The second-order valence-corrected chi connectivity index (χ2v) is 4.65. The Morgan fingerprint density at radius 1 is 1.35 bits per heavy atom. The number of carbonyl (C=O) groups excluding carboxylic acids is 1. The Morgan fingerprint density at radius 3 is 2.95 bits per heavy atom. The zero-order valence-electron chi connectivity index (χ0n) is 10.7. The SMILES string of the molecule is O=C(O)Cn1cc(N2CCc3ccccc3C2=O)cn1. The second kappa shape index (κ2) is 4.80. The number of rotatable bonds is 3. The monoisotopic (exact) mass is 271 g/mol. The first kappa shape index (κ1) is 12.4. The molecule has 2 aromatic rings. The van der Waals surface area contributed by atoms with Crippen molar-refractivity contribution in [3.05, 3.63) is 47.8 Å². The van der Waals surface area contributed by atoms with Crippen molar-refractivity contribution in [2.75, 3.05) is 11.4 Å². The van der Waals surface area contributed by atoms with E-state index in [0.717, 1.165) is 12.0 Å². The number of hydrogen-bond donors (Lipinski definition) is 1. The molecule has 0 spiro atoms. The zero-order chi connectivity index (χ0) is 14.1. The number of carboxylic acids is 1. The molecule has 1 aromatic carbocycles. The molecule has 0 unspecified atom stereocenters. The van der Waals surface area contributed by atoms with Gasteiger partial charge in [0.1, 0.15) is 6.54 Å². The Morgan fingerprint density at radius 2 is 2.15 bits per heavy atom. The largest absolute Gasteiger partial charge is 0.480 e. The molecule has 0 atom stereocenters. The van der Waals surface area contributed by atoms with Crippen molar-refractivity contribution in [3.63, 3.8) is 0 Å². The van der Waals surface area contributed by atoms with Crippen molar-refractivity contribution in [1.29, 1.82) is 0 Å². The molecule has 6 heteroatoms. The van der Waals surface area contributed by atoms with Gasteiger partial charge in [0.05, 0.1) is 11.9 Å². The lowest BCUT2D eigenvalue weighted by Gasteiger charge is -2.27. The van der Waals surface area contributed by atoms with Crippen LogP contribution in [0.2, 0.25) is 0 Å². The van der Waals surface area contributed by atoms with Gasteiger partial charge in [-0.25, -0.2) is 0 Å². The Hall–Kier alpha value is -2.63. The molecular formula is C14H13N3O3. The van der Waals surface area contributed by atoms with Gasteiger partial charge < -0.3 is 10.0 Å². The van der Waals surface area contributed by atoms with Crippen LogP contribution in [0.5, 0.6) is 0 Å². The number of aromatic nitrogens is 2. The first-order valence-electron chi connectivity index (χ1n) is 6.29. The van der Waals surface area contributed by atoms with Crippen LogP contribution in [0.25, 0.3) is 0 Å². The van der Waals surface area contributed by atoms with E-state index in [2.05, 4.69) is 5.10 Å². The summed E-state index contributed by atoms with van der Waals surface area (Å²) in [6.45, 7) is 0.368. The zero-order valence-corrected chi connectivity index (χ0v) is 10.7. The van der Waals surface area contributed by atoms with Crippen molar-refractivity contribution in [2.24, 2.45) is 0 Å². The molecule has 1 amide bonds. The standard InChI is InChI=1S/C14H13N3O3/c18-13(19)9-16-8-11(7-15-16)17-6-5-10-3-1-2-4-12(10)14(17)20/h1-4,7-8H,5-6,9H2,(H,18,19). The third-order valence-electron chi connectivity index (χ3n) is 3.33. The Labute approximate surface area is 115 Å². The smallest absolute Gasteiger partial charge is 0.325 e. The van der Waals surface area contributed by atoms with Gasteiger partial charge in [0.2, 0.25) is 0 Å². The molecule has 102 valence electrons. The molecule has 1 aliphatic rings. The van der Waals surface area contributed by atoms with Crippen molar-refractivity contribution in [2.45, 2.75) is 13.0 Å². The summed E-state index contributed by atoms with van der Waals surface area (Å²) in [6.07, 6.45) is 3.89. The number of amides is 1. The molecule has 1 aliphatic heterocycles. The minimum absolute atomic E-state index is 0.0678. The Kier molecular flexibility index (Phi) is 2.98. The maximum Gasteiger partial charge on any atom is 0.325 e. The molecule has 0 saturated carbocycles. The number of carbonyl (C=O) groups is 2. The van der Waals surface area contributed by atoms with Crippen LogP contribution in [0, 0.1) is 0 Å². The summed E-state index contributed by atoms with van der Waals surface area (Å²) in [6, 6.07) is 7.53. The highest BCUT2D eigenvalue weighted by atomic mass is 16.4. The average Bonchev–Trinajstić information content (AvgIpc) is 2.87. The number of fused-ring (bicyclic) bond motifs is 1. The third-order valence-corrected chi connectivity index (χ3v) is 3.33. The van der Waals surface area contributed by atoms with E-state index in [1.54, 1.807) is 11.1 Å². The van der Waals surface area contributed by atoms with Crippen molar-refractivity contribution in [3.8, 4) is 0 Å². The molecular weight excluding hydrogens is 258 g/mol. The minimum Gasteiger partial charge on any atom is -0.480 e. The fourth-order valence-electron chi connectivity index (χ4n) is 2.39. The third kappa shape index (κ3) is 2.16. The van der Waals surface area contributed by atoms with E-state index in [4.69, 9.17) is 5.11 Å². The van der Waals surface area contributed by atoms with Crippen LogP contribution in [-0.2, 0) is 17.8 Å². The first-order valence-corrected chi connectivity index (χ1v) is 6.29. The van der Waals surface area contributed by atoms with Gasteiger partial charge in [-0.1, -0.05) is 18.2 Å². The van der Waals surface area contributed by atoms with Crippen LogP contribution in [0.15, 0.2) is 36.7 Å². The normalized spacial score (nSPS) is 14.2. The first-order chi connectivity index (χ1) is 9.65. The lowest BCUT2D eigenvalue weighted by molar-refractivity contribution is -0.137. The van der Waals surface area contributed by atoms with Crippen LogP contribution in [0.4, 0.5) is 5.69 Å². The van der Waals surface area contributed by atoms with Gasteiger partial charge in [0.25, 0.3) is 5.91 Å². The summed E-state index contributed by atoms with van der Waals surface area (Å²) in [5, 5.41) is 12.7. The number of carboxylic acid groups (broad SMARTS) is 1. The predicted octanol–water partition coefficient (Wildman–Crippen LogP) is 1.17. The van der Waals surface area contributed by atoms with Crippen LogP contribution >= 0.6 is 0 Å². The van der Waals surface area contributed by atoms with Crippen LogP contribution in [0.3, 0.4) is 0 Å². The predicted molar refractivity (Wildman–Crippen MR) is 71.7 cm³/mol. The fourth-order valence-corrected chi connectivity index (χ4v) is 2.39. The van der Waals surface area contributed by atoms with Gasteiger partial charge in [0, 0.05) is 18.3 Å². The van der Waals surface area contributed by atoms with Gasteiger partial charge in [0.15, 0.2) is 0 Å². The van der Waals surface area contributed by atoms with Gasteiger partial charge in [-0.15, -0.1) is 0 Å². The quantitative estimate of drug-likeness (QED) is 0.909. The molecule has 0 fully saturated rings. The van der Waals surface area contributed by atoms with E-state index in [1.165, 1.54) is 10.9 Å². The van der Waals surface area contributed by atoms with Crippen LogP contribution < -0.4 is 4.90 Å². The van der Waals surface area contributed by atoms with Gasteiger partial charge >= 0.3 is 5.97 Å². The molecule has 1 N–H and O–H groups in total. The number of anilines is 1. The molecule has 0 saturated heterocycles. The molecule has 0 bridgehead atoms. The van der Waals surface area contributed by atoms with E-state index in [9.17, 15) is 9.59 Å². The summed E-state index contributed by atoms with van der Waals surface area (Å²) >= 11 is 0. The second-order valence-electron chi connectivity index (χ2n) is 4.65. The Balaban J connectivity index is 1.87. The van der Waals surface area contributed by atoms with Crippen LogP contribution in [-0.4, -0.2) is 33.3 Å². The van der Waals surface area contributed by atoms with E-state index < -0.39 is 5.97 Å².